The highest BCUT2D eigenvalue weighted by Gasteiger charge is 2.30. The molecule has 132 valence electrons. The molecular formula is C19H28N2O3. The second-order valence-corrected chi connectivity index (χ2v) is 6.75. The highest BCUT2D eigenvalue weighted by atomic mass is 16.5. The number of methoxy groups -OCH3 is 2. The van der Waals surface area contributed by atoms with Crippen molar-refractivity contribution in [3.8, 4) is 11.5 Å². The molecule has 2 saturated heterocycles. The Morgan fingerprint density at radius 2 is 1.79 bits per heavy atom. The van der Waals surface area contributed by atoms with Gasteiger partial charge in [0.2, 0.25) is 5.91 Å². The van der Waals surface area contributed by atoms with E-state index >= 15 is 0 Å². The van der Waals surface area contributed by atoms with Crippen LogP contribution >= 0.6 is 0 Å². The minimum absolute atomic E-state index is 0.269. The summed E-state index contributed by atoms with van der Waals surface area (Å²) in [4.78, 5) is 17.3. The van der Waals surface area contributed by atoms with Crippen molar-refractivity contribution in [2.75, 3.05) is 40.4 Å². The van der Waals surface area contributed by atoms with Gasteiger partial charge in [-0.15, -0.1) is 0 Å². The molecule has 2 aliphatic rings. The van der Waals surface area contributed by atoms with E-state index in [0.29, 0.717) is 12.5 Å². The van der Waals surface area contributed by atoms with Crippen LogP contribution in [-0.4, -0.2) is 62.1 Å². The number of hydrogen-bond donors (Lipinski definition) is 0. The molecule has 1 unspecified atom stereocenters. The van der Waals surface area contributed by atoms with Gasteiger partial charge in [0.25, 0.3) is 0 Å². The van der Waals surface area contributed by atoms with Crippen molar-refractivity contribution in [1.82, 2.24) is 9.80 Å². The van der Waals surface area contributed by atoms with Crippen molar-refractivity contribution < 1.29 is 14.3 Å². The first-order chi connectivity index (χ1) is 11.7. The van der Waals surface area contributed by atoms with Gasteiger partial charge in [0, 0.05) is 38.2 Å². The summed E-state index contributed by atoms with van der Waals surface area (Å²) in [5.41, 5.74) is 1.08. The quantitative estimate of drug-likeness (QED) is 0.830. The van der Waals surface area contributed by atoms with Crippen LogP contribution in [0.5, 0.6) is 11.5 Å². The molecule has 1 aromatic rings. The number of amides is 1. The van der Waals surface area contributed by atoms with E-state index in [1.807, 2.05) is 18.2 Å². The maximum atomic E-state index is 12.7. The Balaban J connectivity index is 1.58. The average Bonchev–Trinajstić information content (AvgIpc) is 2.95. The van der Waals surface area contributed by atoms with E-state index in [1.54, 1.807) is 14.2 Å². The number of ether oxygens (including phenoxy) is 2. The molecule has 5 heteroatoms. The molecule has 24 heavy (non-hydrogen) atoms. The topological polar surface area (TPSA) is 42.0 Å². The van der Waals surface area contributed by atoms with Gasteiger partial charge >= 0.3 is 0 Å². The maximum Gasteiger partial charge on any atom is 0.222 e. The van der Waals surface area contributed by atoms with Crippen LogP contribution < -0.4 is 9.47 Å². The van der Waals surface area contributed by atoms with Crippen molar-refractivity contribution in [2.45, 2.75) is 38.1 Å². The Labute approximate surface area is 144 Å². The lowest BCUT2D eigenvalue weighted by Gasteiger charge is -2.25. The number of carbonyl (C=O) groups excluding carboxylic acids is 1. The molecule has 0 radical (unpaired) electrons. The number of benzene rings is 1. The SMILES string of the molecule is COc1cc(CCC(=O)N2CCCN3CCCC3C2)cc(OC)c1. The summed E-state index contributed by atoms with van der Waals surface area (Å²) in [6.45, 7) is 4.14. The molecular weight excluding hydrogens is 304 g/mol. The Bertz CT molecular complexity index is 553. The number of rotatable bonds is 5. The van der Waals surface area contributed by atoms with Crippen LogP contribution in [0, 0.1) is 0 Å². The van der Waals surface area contributed by atoms with Crippen LogP contribution in [-0.2, 0) is 11.2 Å². The molecule has 5 nitrogen and oxygen atoms in total. The van der Waals surface area contributed by atoms with Gasteiger partial charge in [-0.1, -0.05) is 0 Å². The molecule has 2 fully saturated rings. The summed E-state index contributed by atoms with van der Waals surface area (Å²) in [6.07, 6.45) is 4.86. The maximum absolute atomic E-state index is 12.7. The Kier molecular flexibility index (Phi) is 5.61. The summed E-state index contributed by atoms with van der Waals surface area (Å²) < 4.78 is 10.6. The molecule has 0 spiro atoms. The van der Waals surface area contributed by atoms with Crippen LogP contribution in [0.1, 0.15) is 31.2 Å². The average molecular weight is 332 g/mol. The molecule has 1 aromatic carbocycles. The number of hydrogen-bond acceptors (Lipinski definition) is 4. The monoisotopic (exact) mass is 332 g/mol. The number of aryl methyl sites for hydroxylation is 1. The van der Waals surface area contributed by atoms with Crippen molar-refractivity contribution in [3.63, 3.8) is 0 Å². The fourth-order valence-electron chi connectivity index (χ4n) is 3.85. The third-order valence-corrected chi connectivity index (χ3v) is 5.20. The summed E-state index contributed by atoms with van der Waals surface area (Å²) >= 11 is 0. The standard InChI is InChI=1S/C19H28N2O3/c1-23-17-11-15(12-18(13-17)24-2)6-7-19(22)21-10-4-9-20-8-3-5-16(20)14-21/h11-13,16H,3-10,14H2,1-2H3. The molecule has 0 bridgehead atoms. The van der Waals surface area contributed by atoms with Gasteiger partial charge < -0.3 is 14.4 Å². The normalized spacial score (nSPS) is 21.2. The largest absolute Gasteiger partial charge is 0.497 e. The van der Waals surface area contributed by atoms with E-state index < -0.39 is 0 Å². The first-order valence-electron chi connectivity index (χ1n) is 8.93. The van der Waals surface area contributed by atoms with Gasteiger partial charge in [-0.3, -0.25) is 9.69 Å². The predicted octanol–water partition coefficient (Wildman–Crippen LogP) is 2.33. The second-order valence-electron chi connectivity index (χ2n) is 6.75. The minimum Gasteiger partial charge on any atom is -0.497 e. The molecule has 2 aliphatic heterocycles. The zero-order valence-electron chi connectivity index (χ0n) is 14.8. The minimum atomic E-state index is 0.269. The fourth-order valence-corrected chi connectivity index (χ4v) is 3.85. The van der Waals surface area contributed by atoms with E-state index in [-0.39, 0.29) is 5.91 Å². The smallest absolute Gasteiger partial charge is 0.222 e. The van der Waals surface area contributed by atoms with Gasteiger partial charge in [0.15, 0.2) is 0 Å². The van der Waals surface area contributed by atoms with E-state index in [4.69, 9.17) is 9.47 Å². The summed E-state index contributed by atoms with van der Waals surface area (Å²) in [5.74, 6) is 1.81. The number of carbonyl (C=O) groups is 1. The van der Waals surface area contributed by atoms with Crippen LogP contribution in [0.4, 0.5) is 0 Å². The van der Waals surface area contributed by atoms with Gasteiger partial charge in [0.05, 0.1) is 14.2 Å². The fraction of sp³-hybridized carbons (Fsp3) is 0.632. The Morgan fingerprint density at radius 3 is 2.50 bits per heavy atom. The van der Waals surface area contributed by atoms with Gasteiger partial charge in [0.1, 0.15) is 11.5 Å². The summed E-state index contributed by atoms with van der Waals surface area (Å²) in [5, 5.41) is 0. The third-order valence-electron chi connectivity index (χ3n) is 5.20. The molecule has 3 rings (SSSR count). The van der Waals surface area contributed by atoms with Crippen molar-refractivity contribution in [2.24, 2.45) is 0 Å². The number of fused-ring (bicyclic) bond motifs is 1. The zero-order chi connectivity index (χ0) is 16.9. The van der Waals surface area contributed by atoms with Gasteiger partial charge in [-0.05, 0) is 49.9 Å². The lowest BCUT2D eigenvalue weighted by molar-refractivity contribution is -0.131. The molecule has 1 atom stereocenters. The molecule has 0 aromatic heterocycles. The lowest BCUT2D eigenvalue weighted by Crippen LogP contribution is -2.39. The zero-order valence-corrected chi connectivity index (χ0v) is 14.8. The van der Waals surface area contributed by atoms with E-state index in [0.717, 1.165) is 49.5 Å². The summed E-state index contributed by atoms with van der Waals surface area (Å²) in [7, 11) is 3.29. The van der Waals surface area contributed by atoms with E-state index in [1.165, 1.54) is 19.4 Å². The predicted molar refractivity (Wildman–Crippen MR) is 93.7 cm³/mol. The first-order valence-corrected chi connectivity index (χ1v) is 8.93. The van der Waals surface area contributed by atoms with Crippen molar-refractivity contribution >= 4 is 5.91 Å². The van der Waals surface area contributed by atoms with Gasteiger partial charge in [-0.25, -0.2) is 0 Å². The van der Waals surface area contributed by atoms with Crippen LogP contribution in [0.3, 0.4) is 0 Å². The first kappa shape index (κ1) is 17.1. The highest BCUT2D eigenvalue weighted by Crippen LogP contribution is 2.24. The highest BCUT2D eigenvalue weighted by molar-refractivity contribution is 5.76. The van der Waals surface area contributed by atoms with E-state index in [2.05, 4.69) is 9.80 Å². The van der Waals surface area contributed by atoms with Crippen LogP contribution in [0.25, 0.3) is 0 Å². The Morgan fingerprint density at radius 1 is 1.08 bits per heavy atom. The number of nitrogens with zero attached hydrogens (tertiary/aromatic N) is 2. The van der Waals surface area contributed by atoms with Crippen molar-refractivity contribution in [1.29, 1.82) is 0 Å². The molecule has 0 saturated carbocycles. The van der Waals surface area contributed by atoms with E-state index in [9.17, 15) is 4.79 Å². The van der Waals surface area contributed by atoms with Crippen LogP contribution in [0.2, 0.25) is 0 Å². The van der Waals surface area contributed by atoms with Crippen LogP contribution in [0.15, 0.2) is 18.2 Å². The summed E-state index contributed by atoms with van der Waals surface area (Å²) in [6, 6.07) is 6.40. The second kappa shape index (κ2) is 7.88. The molecule has 0 N–H and O–H groups in total. The third kappa shape index (κ3) is 4.01. The Hall–Kier alpha value is -1.75. The molecule has 0 aliphatic carbocycles. The lowest BCUT2D eigenvalue weighted by atomic mass is 10.1. The van der Waals surface area contributed by atoms with Gasteiger partial charge in [-0.2, -0.15) is 0 Å². The van der Waals surface area contributed by atoms with Crippen molar-refractivity contribution in [3.05, 3.63) is 23.8 Å². The molecule has 2 heterocycles. The molecule has 1 amide bonds.